The minimum Gasteiger partial charge on any atom is -0.466 e. The molecule has 0 unspecified atom stereocenters. The van der Waals surface area contributed by atoms with Crippen molar-refractivity contribution in [3.63, 3.8) is 0 Å². The highest BCUT2D eigenvalue weighted by Gasteiger charge is 2.04. The van der Waals surface area contributed by atoms with Gasteiger partial charge in [-0.15, -0.1) is 0 Å². The number of rotatable bonds is 15. The second kappa shape index (κ2) is 15.4. The van der Waals surface area contributed by atoms with Gasteiger partial charge in [0, 0.05) is 18.4 Å². The molecule has 0 heterocycles. The molecule has 24 heavy (non-hydrogen) atoms. The van der Waals surface area contributed by atoms with Crippen LogP contribution in [0.4, 0.5) is 0 Å². The highest BCUT2D eigenvalue weighted by molar-refractivity contribution is 7.81. The Bertz CT molecular complexity index is 433. The number of ether oxygens (including phenoxy) is 2. The van der Waals surface area contributed by atoms with E-state index in [2.05, 4.69) is 6.58 Å². The Morgan fingerprint density at radius 1 is 0.958 bits per heavy atom. The summed E-state index contributed by atoms with van der Waals surface area (Å²) >= 11 is 9.89. The van der Waals surface area contributed by atoms with Crippen LogP contribution in [-0.2, 0) is 19.1 Å². The Kier molecular flexibility index (Phi) is 14.7. The first-order valence-electron chi connectivity index (χ1n) is 8.41. The Morgan fingerprint density at radius 2 is 1.54 bits per heavy atom. The van der Waals surface area contributed by atoms with Crippen molar-refractivity contribution >= 4 is 46.6 Å². The van der Waals surface area contributed by atoms with E-state index >= 15 is 0 Å². The van der Waals surface area contributed by atoms with E-state index in [1.165, 1.54) is 0 Å². The Labute approximate surface area is 156 Å². The summed E-state index contributed by atoms with van der Waals surface area (Å²) in [5.74, 6) is -0.488. The number of thiocarbonyl (C=S) groups is 2. The molecule has 0 fully saturated rings. The standard InChI is InChI=1S/C18H28O4S2/c1-15(2)18(20)22-13-8-4-3-7-12-21-17(19)10-6-5-9-16(24)11-14-23/h14H,1,3-13H2,2H3. The molecule has 0 spiro atoms. The summed E-state index contributed by atoms with van der Waals surface area (Å²) in [7, 11) is 0. The van der Waals surface area contributed by atoms with Crippen LogP contribution < -0.4 is 0 Å². The molecule has 4 nitrogen and oxygen atoms in total. The molecule has 6 heteroatoms. The Hall–Kier alpha value is -1.14. The highest BCUT2D eigenvalue weighted by atomic mass is 32.1. The van der Waals surface area contributed by atoms with E-state index in [9.17, 15) is 9.59 Å². The third-order valence-electron chi connectivity index (χ3n) is 3.28. The fraction of sp³-hybridized carbons (Fsp3) is 0.667. The molecule has 0 aromatic heterocycles. The van der Waals surface area contributed by atoms with Gasteiger partial charge in [0.1, 0.15) is 0 Å². The van der Waals surface area contributed by atoms with Gasteiger partial charge in [0.25, 0.3) is 0 Å². The number of hydrogen-bond acceptors (Lipinski definition) is 6. The predicted molar refractivity (Wildman–Crippen MR) is 105 cm³/mol. The number of carbonyl (C=O) groups excluding carboxylic acids is 2. The maximum Gasteiger partial charge on any atom is 0.333 e. The van der Waals surface area contributed by atoms with E-state index in [0.717, 1.165) is 49.8 Å². The van der Waals surface area contributed by atoms with Crippen molar-refractivity contribution in [2.24, 2.45) is 0 Å². The first-order chi connectivity index (χ1) is 11.5. The van der Waals surface area contributed by atoms with Crippen LogP contribution in [0.1, 0.15) is 64.7 Å². The van der Waals surface area contributed by atoms with Gasteiger partial charge in [-0.05, 0) is 62.1 Å². The lowest BCUT2D eigenvalue weighted by atomic mass is 10.1. The molecular formula is C18H28O4S2. The zero-order valence-corrected chi connectivity index (χ0v) is 16.1. The van der Waals surface area contributed by atoms with Gasteiger partial charge in [0.05, 0.1) is 13.2 Å². The molecule has 0 aromatic rings. The van der Waals surface area contributed by atoms with Crippen molar-refractivity contribution < 1.29 is 19.1 Å². The van der Waals surface area contributed by atoms with Gasteiger partial charge in [-0.1, -0.05) is 31.0 Å². The molecule has 0 aromatic carbocycles. The lowest BCUT2D eigenvalue weighted by molar-refractivity contribution is -0.144. The van der Waals surface area contributed by atoms with Gasteiger partial charge in [0.15, 0.2) is 0 Å². The van der Waals surface area contributed by atoms with E-state index < -0.39 is 0 Å². The van der Waals surface area contributed by atoms with Crippen molar-refractivity contribution in [1.82, 2.24) is 0 Å². The van der Waals surface area contributed by atoms with Crippen molar-refractivity contribution in [2.75, 3.05) is 13.2 Å². The summed E-state index contributed by atoms with van der Waals surface area (Å²) in [4.78, 5) is 23.6. The van der Waals surface area contributed by atoms with Crippen LogP contribution in [0.25, 0.3) is 0 Å². The third kappa shape index (κ3) is 14.5. The SMILES string of the molecule is C=C(C)C(=O)OCCCCCCOC(=O)CCCCC(=S)CC=S. The molecular weight excluding hydrogens is 344 g/mol. The molecule has 0 aliphatic carbocycles. The zero-order chi connectivity index (χ0) is 18.2. The van der Waals surface area contributed by atoms with Gasteiger partial charge in [0.2, 0.25) is 0 Å². The van der Waals surface area contributed by atoms with Crippen LogP contribution in [0.2, 0.25) is 0 Å². The van der Waals surface area contributed by atoms with Crippen LogP contribution in [0, 0.1) is 0 Å². The van der Waals surface area contributed by atoms with E-state index in [1.807, 2.05) is 0 Å². The van der Waals surface area contributed by atoms with E-state index in [4.69, 9.17) is 33.9 Å². The molecule has 0 saturated carbocycles. The molecule has 0 atom stereocenters. The van der Waals surface area contributed by atoms with Gasteiger partial charge < -0.3 is 9.47 Å². The van der Waals surface area contributed by atoms with Crippen LogP contribution in [-0.4, -0.2) is 35.4 Å². The lowest BCUT2D eigenvalue weighted by Crippen LogP contribution is -2.07. The van der Waals surface area contributed by atoms with Crippen LogP contribution in [0.3, 0.4) is 0 Å². The van der Waals surface area contributed by atoms with Crippen LogP contribution >= 0.6 is 24.4 Å². The van der Waals surface area contributed by atoms with Crippen molar-refractivity contribution in [1.29, 1.82) is 0 Å². The van der Waals surface area contributed by atoms with Crippen molar-refractivity contribution in [2.45, 2.75) is 64.7 Å². The number of unbranched alkanes of at least 4 members (excludes halogenated alkanes) is 4. The van der Waals surface area contributed by atoms with Gasteiger partial charge in [-0.3, -0.25) is 4.79 Å². The highest BCUT2D eigenvalue weighted by Crippen LogP contribution is 2.06. The summed E-state index contributed by atoms with van der Waals surface area (Å²) in [6.45, 7) is 6.01. The fourth-order valence-corrected chi connectivity index (χ4v) is 2.42. The summed E-state index contributed by atoms with van der Waals surface area (Å²) in [5, 5.41) is 1.64. The normalized spacial score (nSPS) is 10.0. The molecule has 0 N–H and O–H groups in total. The summed E-state index contributed by atoms with van der Waals surface area (Å²) in [5.41, 5.74) is 0.419. The zero-order valence-electron chi connectivity index (χ0n) is 14.5. The Balaban J connectivity index is 3.37. The topological polar surface area (TPSA) is 52.6 Å². The quantitative estimate of drug-likeness (QED) is 0.182. The van der Waals surface area contributed by atoms with Crippen LogP contribution in [0.5, 0.6) is 0 Å². The van der Waals surface area contributed by atoms with Crippen molar-refractivity contribution in [3.8, 4) is 0 Å². The van der Waals surface area contributed by atoms with Gasteiger partial charge in [-0.25, -0.2) is 4.79 Å². The summed E-state index contributed by atoms with van der Waals surface area (Å²) < 4.78 is 10.2. The first kappa shape index (κ1) is 22.9. The summed E-state index contributed by atoms with van der Waals surface area (Å²) in [6, 6.07) is 0. The second-order valence-electron chi connectivity index (χ2n) is 5.67. The largest absolute Gasteiger partial charge is 0.466 e. The molecule has 0 amide bonds. The number of carbonyl (C=O) groups is 2. The molecule has 136 valence electrons. The smallest absolute Gasteiger partial charge is 0.333 e. The number of hydrogen-bond donors (Lipinski definition) is 0. The molecule has 0 bridgehead atoms. The minimum atomic E-state index is -0.341. The number of esters is 2. The summed E-state index contributed by atoms with van der Waals surface area (Å²) in [6.07, 6.45) is 7.21. The maximum absolute atomic E-state index is 11.5. The van der Waals surface area contributed by atoms with E-state index in [0.29, 0.717) is 31.6 Å². The molecule has 0 aliphatic heterocycles. The Morgan fingerprint density at radius 3 is 2.12 bits per heavy atom. The minimum absolute atomic E-state index is 0.147. The first-order valence-corrected chi connectivity index (χ1v) is 9.29. The van der Waals surface area contributed by atoms with Crippen LogP contribution in [0.15, 0.2) is 12.2 Å². The third-order valence-corrected chi connectivity index (χ3v) is 3.82. The average Bonchev–Trinajstić information content (AvgIpc) is 2.54. The van der Waals surface area contributed by atoms with E-state index in [-0.39, 0.29) is 11.9 Å². The van der Waals surface area contributed by atoms with E-state index in [1.54, 1.807) is 12.3 Å². The van der Waals surface area contributed by atoms with Gasteiger partial charge >= 0.3 is 11.9 Å². The second-order valence-corrected chi connectivity index (χ2v) is 6.58. The van der Waals surface area contributed by atoms with Gasteiger partial charge in [-0.2, -0.15) is 0 Å². The van der Waals surface area contributed by atoms with Crippen molar-refractivity contribution in [3.05, 3.63) is 12.2 Å². The molecule has 0 radical (unpaired) electrons. The predicted octanol–water partition coefficient (Wildman–Crippen LogP) is 4.53. The lowest BCUT2D eigenvalue weighted by Gasteiger charge is -2.06. The molecule has 0 aliphatic rings. The molecule has 0 rings (SSSR count). The monoisotopic (exact) mass is 372 g/mol. The maximum atomic E-state index is 11.5. The molecule has 0 saturated heterocycles. The average molecular weight is 373 g/mol. The fourth-order valence-electron chi connectivity index (χ4n) is 1.89.